The lowest BCUT2D eigenvalue weighted by Gasteiger charge is -2.41. The van der Waals surface area contributed by atoms with E-state index in [1.165, 1.54) is 0 Å². The van der Waals surface area contributed by atoms with Crippen LogP contribution in [0.15, 0.2) is 0 Å². The van der Waals surface area contributed by atoms with Gasteiger partial charge in [0, 0.05) is 19.3 Å². The zero-order valence-corrected chi connectivity index (χ0v) is 10.0. The van der Waals surface area contributed by atoms with Gasteiger partial charge < -0.3 is 24.1 Å². The molecule has 2 saturated heterocycles. The smallest absolute Gasteiger partial charge is 0.168 e. The Labute approximate surface area is 101 Å². The van der Waals surface area contributed by atoms with Crippen molar-refractivity contribution in [2.45, 2.75) is 49.8 Å². The van der Waals surface area contributed by atoms with Gasteiger partial charge in [-0.1, -0.05) is 0 Å². The van der Waals surface area contributed by atoms with E-state index >= 15 is 0 Å². The van der Waals surface area contributed by atoms with Gasteiger partial charge in [-0.2, -0.15) is 0 Å². The Morgan fingerprint density at radius 3 is 2.06 bits per heavy atom. The van der Waals surface area contributed by atoms with Gasteiger partial charge in [-0.25, -0.2) is 0 Å². The quantitative estimate of drug-likeness (QED) is 0.778. The third-order valence-corrected chi connectivity index (χ3v) is 3.99. The lowest BCUT2D eigenvalue weighted by molar-refractivity contribution is -0.211. The Balaban J connectivity index is 1.55. The van der Waals surface area contributed by atoms with Crippen LogP contribution in [0.1, 0.15) is 32.1 Å². The molecule has 1 N–H and O–H groups in total. The summed E-state index contributed by atoms with van der Waals surface area (Å²) in [5, 5.41) is 10.5. The van der Waals surface area contributed by atoms with Crippen LogP contribution in [-0.4, -0.2) is 49.2 Å². The molecule has 0 amide bonds. The van der Waals surface area contributed by atoms with Gasteiger partial charge in [-0.05, 0) is 12.8 Å². The molecule has 3 aliphatic rings. The molecule has 0 bridgehead atoms. The van der Waals surface area contributed by atoms with Gasteiger partial charge in [-0.3, -0.25) is 0 Å². The number of hydrogen-bond acceptors (Lipinski definition) is 5. The molecule has 3 rings (SSSR count). The van der Waals surface area contributed by atoms with Crippen molar-refractivity contribution in [1.82, 2.24) is 0 Å². The van der Waals surface area contributed by atoms with Crippen molar-refractivity contribution in [2.24, 2.45) is 0 Å². The van der Waals surface area contributed by atoms with Crippen molar-refractivity contribution in [3.05, 3.63) is 0 Å². The predicted molar refractivity (Wildman–Crippen MR) is 58.4 cm³/mol. The first-order chi connectivity index (χ1) is 8.20. The molecule has 1 spiro atoms. The van der Waals surface area contributed by atoms with Crippen LogP contribution in [-0.2, 0) is 18.9 Å². The molecule has 98 valence electrons. The molecule has 2 heterocycles. The number of hydrogen-bond donors (Lipinski definition) is 1. The summed E-state index contributed by atoms with van der Waals surface area (Å²) in [4.78, 5) is 0. The maximum Gasteiger partial charge on any atom is 0.168 e. The zero-order valence-electron chi connectivity index (χ0n) is 10.0. The molecule has 1 saturated carbocycles. The number of aliphatic hydroxyl groups is 1. The Morgan fingerprint density at radius 1 is 0.882 bits per heavy atom. The standard InChI is InChI=1S/C12H20O5/c13-11(9-10-14-5-6-15-10)1-3-12(4-2-11)16-7-8-17-12/h10,13H,1-9H2. The molecule has 0 atom stereocenters. The molecule has 5 nitrogen and oxygen atoms in total. The fraction of sp³-hybridized carbons (Fsp3) is 1.00. The van der Waals surface area contributed by atoms with E-state index < -0.39 is 11.4 Å². The minimum atomic E-state index is -0.685. The summed E-state index contributed by atoms with van der Waals surface area (Å²) >= 11 is 0. The van der Waals surface area contributed by atoms with E-state index in [-0.39, 0.29) is 6.29 Å². The summed E-state index contributed by atoms with van der Waals surface area (Å²) in [5.41, 5.74) is -0.685. The van der Waals surface area contributed by atoms with E-state index in [4.69, 9.17) is 18.9 Å². The van der Waals surface area contributed by atoms with Crippen LogP contribution >= 0.6 is 0 Å². The second kappa shape index (κ2) is 4.48. The Bertz CT molecular complexity index is 258. The van der Waals surface area contributed by atoms with E-state index in [1.54, 1.807) is 0 Å². The second-order valence-electron chi connectivity index (χ2n) is 5.21. The molecule has 0 aromatic rings. The lowest BCUT2D eigenvalue weighted by atomic mass is 9.79. The zero-order chi connectivity index (χ0) is 11.8. The molecular weight excluding hydrogens is 224 g/mol. The van der Waals surface area contributed by atoms with Crippen LogP contribution in [0.2, 0.25) is 0 Å². The first kappa shape index (κ1) is 11.9. The summed E-state index contributed by atoms with van der Waals surface area (Å²) in [6, 6.07) is 0. The number of rotatable bonds is 2. The average Bonchev–Trinajstić information content (AvgIpc) is 2.96. The van der Waals surface area contributed by atoms with Gasteiger partial charge in [0.05, 0.1) is 32.0 Å². The Kier molecular flexibility index (Phi) is 3.13. The second-order valence-corrected chi connectivity index (χ2v) is 5.21. The molecule has 0 radical (unpaired) electrons. The van der Waals surface area contributed by atoms with Gasteiger partial charge in [-0.15, -0.1) is 0 Å². The third-order valence-electron chi connectivity index (χ3n) is 3.99. The van der Waals surface area contributed by atoms with Crippen LogP contribution in [0.5, 0.6) is 0 Å². The maximum atomic E-state index is 10.5. The van der Waals surface area contributed by atoms with Crippen LogP contribution in [0, 0.1) is 0 Å². The summed E-state index contributed by atoms with van der Waals surface area (Å²) in [6.07, 6.45) is 3.22. The molecule has 1 aliphatic carbocycles. The van der Waals surface area contributed by atoms with E-state index in [1.807, 2.05) is 0 Å². The molecule has 17 heavy (non-hydrogen) atoms. The molecule has 3 fully saturated rings. The highest BCUT2D eigenvalue weighted by Crippen LogP contribution is 2.42. The maximum absolute atomic E-state index is 10.5. The highest BCUT2D eigenvalue weighted by Gasteiger charge is 2.46. The SMILES string of the molecule is OC1(CC2OCCO2)CCC2(CC1)OCCO2. The normalized spacial score (nSPS) is 32.3. The minimum absolute atomic E-state index is 0.237. The van der Waals surface area contributed by atoms with Crippen LogP contribution in [0.25, 0.3) is 0 Å². The van der Waals surface area contributed by atoms with E-state index in [0.29, 0.717) is 45.7 Å². The molecule has 5 heteroatoms. The molecule has 0 aromatic heterocycles. The van der Waals surface area contributed by atoms with Crippen molar-refractivity contribution >= 4 is 0 Å². The van der Waals surface area contributed by atoms with Crippen molar-refractivity contribution in [2.75, 3.05) is 26.4 Å². The van der Waals surface area contributed by atoms with Crippen LogP contribution in [0.3, 0.4) is 0 Å². The highest BCUT2D eigenvalue weighted by molar-refractivity contribution is 4.92. The van der Waals surface area contributed by atoms with Gasteiger partial charge in [0.2, 0.25) is 0 Å². The van der Waals surface area contributed by atoms with Crippen LogP contribution < -0.4 is 0 Å². The van der Waals surface area contributed by atoms with Gasteiger partial charge in [0.25, 0.3) is 0 Å². The fourth-order valence-electron chi connectivity index (χ4n) is 2.92. The van der Waals surface area contributed by atoms with Crippen molar-refractivity contribution < 1.29 is 24.1 Å². The van der Waals surface area contributed by atoms with Crippen molar-refractivity contribution in [3.63, 3.8) is 0 Å². The third kappa shape index (κ3) is 2.48. The molecule has 0 aromatic carbocycles. The first-order valence-corrected chi connectivity index (χ1v) is 6.43. The van der Waals surface area contributed by atoms with Gasteiger partial charge in [0.1, 0.15) is 0 Å². The summed E-state index contributed by atoms with van der Waals surface area (Å²) in [7, 11) is 0. The van der Waals surface area contributed by atoms with E-state index in [2.05, 4.69) is 0 Å². The van der Waals surface area contributed by atoms with Crippen LogP contribution in [0.4, 0.5) is 0 Å². The fourth-order valence-corrected chi connectivity index (χ4v) is 2.92. The summed E-state index contributed by atoms with van der Waals surface area (Å²) in [5.74, 6) is -0.413. The van der Waals surface area contributed by atoms with Gasteiger partial charge in [0.15, 0.2) is 12.1 Å². The predicted octanol–water partition coefficient (Wildman–Crippen LogP) is 0.798. The van der Waals surface area contributed by atoms with Crippen molar-refractivity contribution in [1.29, 1.82) is 0 Å². The highest BCUT2D eigenvalue weighted by atomic mass is 16.7. The molecule has 2 aliphatic heterocycles. The number of ether oxygens (including phenoxy) is 4. The largest absolute Gasteiger partial charge is 0.390 e. The van der Waals surface area contributed by atoms with Gasteiger partial charge >= 0.3 is 0 Å². The molecule has 0 unspecified atom stereocenters. The lowest BCUT2D eigenvalue weighted by Crippen LogP contribution is -2.45. The average molecular weight is 244 g/mol. The Morgan fingerprint density at radius 2 is 1.47 bits per heavy atom. The first-order valence-electron chi connectivity index (χ1n) is 6.43. The van der Waals surface area contributed by atoms with Crippen molar-refractivity contribution in [3.8, 4) is 0 Å². The Hall–Kier alpha value is -0.200. The monoisotopic (exact) mass is 244 g/mol. The van der Waals surface area contributed by atoms with E-state index in [0.717, 1.165) is 12.8 Å². The minimum Gasteiger partial charge on any atom is -0.390 e. The topological polar surface area (TPSA) is 57.2 Å². The van der Waals surface area contributed by atoms with E-state index in [9.17, 15) is 5.11 Å². The molecular formula is C12H20O5. The summed E-state index contributed by atoms with van der Waals surface area (Å²) in [6.45, 7) is 2.62. The summed E-state index contributed by atoms with van der Waals surface area (Å²) < 4.78 is 22.1.